The molecule has 3 aromatic rings. The molecular weight excluding hydrogens is 318 g/mol. The van der Waals surface area contributed by atoms with Crippen molar-refractivity contribution < 1.29 is 14.6 Å². The van der Waals surface area contributed by atoms with E-state index in [0.29, 0.717) is 18.9 Å². The molecule has 0 atom stereocenters. The molecule has 0 saturated heterocycles. The minimum Gasteiger partial charge on any atom is -0.494 e. The van der Waals surface area contributed by atoms with Crippen molar-refractivity contribution in [1.82, 2.24) is 14.8 Å². The van der Waals surface area contributed by atoms with E-state index >= 15 is 0 Å². The van der Waals surface area contributed by atoms with Gasteiger partial charge in [-0.05, 0) is 17.7 Å². The summed E-state index contributed by atoms with van der Waals surface area (Å²) < 4.78 is 12.4. The zero-order valence-corrected chi connectivity index (χ0v) is 14.3. The van der Waals surface area contributed by atoms with Gasteiger partial charge < -0.3 is 14.6 Å². The summed E-state index contributed by atoms with van der Waals surface area (Å²) >= 11 is 0. The Balaban J connectivity index is 2.10. The first-order chi connectivity index (χ1) is 12.3. The number of methoxy groups -OCH3 is 2. The lowest BCUT2D eigenvalue weighted by Gasteiger charge is -2.10. The van der Waals surface area contributed by atoms with E-state index in [0.717, 1.165) is 28.4 Å². The van der Waals surface area contributed by atoms with Crippen LogP contribution in [0.2, 0.25) is 0 Å². The Kier molecular flexibility index (Phi) is 5.42. The molecule has 0 aliphatic heterocycles. The van der Waals surface area contributed by atoms with Crippen LogP contribution in [0, 0.1) is 0 Å². The number of hydrogen-bond donors (Lipinski definition) is 1. The van der Waals surface area contributed by atoms with Crippen LogP contribution in [0.4, 0.5) is 0 Å². The fourth-order valence-corrected chi connectivity index (χ4v) is 2.57. The molecule has 6 heteroatoms. The summed E-state index contributed by atoms with van der Waals surface area (Å²) in [5.74, 6) is 2.15. The van der Waals surface area contributed by atoms with Gasteiger partial charge in [0.05, 0.1) is 20.3 Å². The van der Waals surface area contributed by atoms with Crippen LogP contribution in [-0.4, -0.2) is 40.7 Å². The number of aliphatic hydroxyl groups is 1. The van der Waals surface area contributed by atoms with E-state index in [2.05, 4.69) is 10.1 Å². The van der Waals surface area contributed by atoms with Gasteiger partial charge in [-0.25, -0.2) is 9.67 Å². The molecule has 0 aliphatic carbocycles. The molecule has 130 valence electrons. The van der Waals surface area contributed by atoms with E-state index in [-0.39, 0.29) is 6.61 Å². The molecule has 6 nitrogen and oxygen atoms in total. The second-order valence-electron chi connectivity index (χ2n) is 5.53. The molecule has 25 heavy (non-hydrogen) atoms. The highest BCUT2D eigenvalue weighted by Gasteiger charge is 2.16. The van der Waals surface area contributed by atoms with Crippen molar-refractivity contribution in [2.75, 3.05) is 20.8 Å². The van der Waals surface area contributed by atoms with Crippen LogP contribution in [-0.2, 0) is 17.8 Å². The van der Waals surface area contributed by atoms with Gasteiger partial charge in [0.25, 0.3) is 0 Å². The van der Waals surface area contributed by atoms with Gasteiger partial charge in [0.2, 0.25) is 0 Å². The van der Waals surface area contributed by atoms with Gasteiger partial charge in [0.1, 0.15) is 11.4 Å². The predicted molar refractivity (Wildman–Crippen MR) is 94.8 cm³/mol. The summed E-state index contributed by atoms with van der Waals surface area (Å²) in [4.78, 5) is 4.68. The molecule has 2 aromatic carbocycles. The predicted octanol–water partition coefficient (Wildman–Crippen LogP) is 2.62. The molecule has 0 unspecified atom stereocenters. The fraction of sp³-hybridized carbons (Fsp3) is 0.263. The maximum absolute atomic E-state index is 9.24. The number of rotatable bonds is 7. The van der Waals surface area contributed by atoms with Crippen molar-refractivity contribution in [3.63, 3.8) is 0 Å². The summed E-state index contributed by atoms with van der Waals surface area (Å²) in [6, 6.07) is 15.3. The molecule has 0 aliphatic rings. The molecule has 0 amide bonds. The molecule has 0 radical (unpaired) electrons. The first kappa shape index (κ1) is 17.1. The summed E-state index contributed by atoms with van der Waals surface area (Å²) in [6.07, 6.45) is 0.625. The van der Waals surface area contributed by atoms with Crippen LogP contribution >= 0.6 is 0 Å². The normalized spacial score (nSPS) is 10.8. The number of aromatic nitrogens is 3. The van der Waals surface area contributed by atoms with Gasteiger partial charge >= 0.3 is 0 Å². The van der Waals surface area contributed by atoms with Crippen molar-refractivity contribution in [2.45, 2.75) is 13.0 Å². The maximum Gasteiger partial charge on any atom is 0.163 e. The summed E-state index contributed by atoms with van der Waals surface area (Å²) in [5.41, 5.74) is 2.59. The Labute approximate surface area is 146 Å². The highest BCUT2D eigenvalue weighted by molar-refractivity contribution is 5.60. The molecule has 1 N–H and O–H groups in total. The molecule has 0 saturated carbocycles. The van der Waals surface area contributed by atoms with Crippen molar-refractivity contribution >= 4 is 0 Å². The molecule has 0 fully saturated rings. The lowest BCUT2D eigenvalue weighted by atomic mass is 10.1. The van der Waals surface area contributed by atoms with Gasteiger partial charge in [-0.2, -0.15) is 5.10 Å². The van der Waals surface area contributed by atoms with Crippen LogP contribution in [0.5, 0.6) is 5.75 Å². The molecule has 3 rings (SSSR count). The molecule has 0 bridgehead atoms. The molecule has 0 spiro atoms. The van der Waals surface area contributed by atoms with E-state index in [1.54, 1.807) is 18.9 Å². The van der Waals surface area contributed by atoms with Gasteiger partial charge in [0, 0.05) is 19.1 Å². The Bertz CT molecular complexity index is 828. The van der Waals surface area contributed by atoms with Gasteiger partial charge in [-0.1, -0.05) is 36.4 Å². The Morgan fingerprint density at radius 1 is 1.04 bits per heavy atom. The third kappa shape index (κ3) is 3.70. The summed E-state index contributed by atoms with van der Waals surface area (Å²) in [6.45, 7) is 0.567. The molecule has 1 aromatic heterocycles. The van der Waals surface area contributed by atoms with Crippen molar-refractivity contribution in [3.8, 4) is 22.8 Å². The fourth-order valence-electron chi connectivity index (χ4n) is 2.57. The van der Waals surface area contributed by atoms with Gasteiger partial charge in [-0.15, -0.1) is 0 Å². The average molecular weight is 339 g/mol. The van der Waals surface area contributed by atoms with Crippen LogP contribution in [0.25, 0.3) is 17.1 Å². The number of hydrogen-bond acceptors (Lipinski definition) is 5. The number of aliphatic hydroxyl groups excluding tert-OH is 1. The Morgan fingerprint density at radius 3 is 2.48 bits per heavy atom. The number of benzene rings is 2. The highest BCUT2D eigenvalue weighted by Crippen LogP contribution is 2.27. The third-order valence-electron chi connectivity index (χ3n) is 3.89. The Morgan fingerprint density at radius 2 is 1.80 bits per heavy atom. The van der Waals surface area contributed by atoms with Crippen molar-refractivity contribution in [1.29, 1.82) is 0 Å². The molecule has 1 heterocycles. The van der Waals surface area contributed by atoms with Gasteiger partial charge in [-0.3, -0.25) is 0 Å². The summed E-state index contributed by atoms with van der Waals surface area (Å²) in [7, 11) is 3.29. The third-order valence-corrected chi connectivity index (χ3v) is 3.89. The van der Waals surface area contributed by atoms with Crippen LogP contribution in [0.3, 0.4) is 0 Å². The minimum absolute atomic E-state index is 0.0125. The standard InChI is InChI=1S/C19H21N3O3/c1-24-12-11-18-20-19(15-9-7-14(13-23)8-10-15)22(21-18)16-5-3-4-6-17(16)25-2/h3-10,23H,11-13H2,1-2H3. The average Bonchev–Trinajstić information content (AvgIpc) is 3.10. The number of para-hydroxylation sites is 2. The van der Waals surface area contributed by atoms with Crippen molar-refractivity contribution in [3.05, 3.63) is 59.9 Å². The van der Waals surface area contributed by atoms with Gasteiger partial charge in [0.15, 0.2) is 11.6 Å². The monoisotopic (exact) mass is 339 g/mol. The zero-order valence-electron chi connectivity index (χ0n) is 14.3. The quantitative estimate of drug-likeness (QED) is 0.716. The highest BCUT2D eigenvalue weighted by atomic mass is 16.5. The second-order valence-corrected chi connectivity index (χ2v) is 5.53. The maximum atomic E-state index is 9.24. The van der Waals surface area contributed by atoms with E-state index in [4.69, 9.17) is 9.47 Å². The molecular formula is C19H21N3O3. The first-order valence-corrected chi connectivity index (χ1v) is 8.05. The van der Waals surface area contributed by atoms with E-state index < -0.39 is 0 Å². The van der Waals surface area contributed by atoms with Crippen LogP contribution in [0.1, 0.15) is 11.4 Å². The largest absolute Gasteiger partial charge is 0.494 e. The minimum atomic E-state index is 0.0125. The lowest BCUT2D eigenvalue weighted by Crippen LogP contribution is -2.03. The zero-order chi connectivity index (χ0) is 17.6. The first-order valence-electron chi connectivity index (χ1n) is 8.05. The number of nitrogens with zero attached hydrogens (tertiary/aromatic N) is 3. The second kappa shape index (κ2) is 7.92. The Hall–Kier alpha value is -2.70. The van der Waals surface area contributed by atoms with Crippen molar-refractivity contribution in [2.24, 2.45) is 0 Å². The van der Waals surface area contributed by atoms with Crippen LogP contribution < -0.4 is 4.74 Å². The van der Waals surface area contributed by atoms with E-state index in [9.17, 15) is 5.11 Å². The lowest BCUT2D eigenvalue weighted by molar-refractivity contribution is 0.200. The smallest absolute Gasteiger partial charge is 0.163 e. The van der Waals surface area contributed by atoms with E-state index in [1.807, 2.05) is 48.5 Å². The summed E-state index contributed by atoms with van der Waals surface area (Å²) in [5, 5.41) is 13.9. The number of ether oxygens (including phenoxy) is 2. The topological polar surface area (TPSA) is 69.4 Å². The van der Waals surface area contributed by atoms with E-state index in [1.165, 1.54) is 0 Å². The van der Waals surface area contributed by atoms with Crippen LogP contribution in [0.15, 0.2) is 48.5 Å². The SMILES string of the molecule is COCCc1nc(-c2ccc(CO)cc2)n(-c2ccccc2OC)n1.